The lowest BCUT2D eigenvalue weighted by atomic mass is 10.2. The average molecular weight is 418 g/mol. The number of halogens is 3. The van der Waals surface area contributed by atoms with E-state index in [4.69, 9.17) is 23.2 Å². The molecule has 26 heavy (non-hydrogen) atoms. The number of amides is 1. The highest BCUT2D eigenvalue weighted by atomic mass is 35.5. The number of benzene rings is 2. The van der Waals surface area contributed by atoms with Gasteiger partial charge in [-0.1, -0.05) is 35.3 Å². The molecule has 0 unspecified atom stereocenters. The van der Waals surface area contributed by atoms with E-state index in [-0.39, 0.29) is 15.7 Å². The van der Waals surface area contributed by atoms with Crippen LogP contribution in [0.5, 0.6) is 0 Å². The lowest BCUT2D eigenvalue weighted by Gasteiger charge is -2.22. The molecule has 2 aromatic rings. The van der Waals surface area contributed by atoms with E-state index < -0.39 is 28.3 Å². The molecule has 0 spiro atoms. The lowest BCUT2D eigenvalue weighted by Crippen LogP contribution is -2.39. The zero-order chi connectivity index (χ0) is 19.3. The molecule has 0 aliphatic rings. The normalized spacial score (nSPS) is 11.5. The van der Waals surface area contributed by atoms with Crippen LogP contribution in [0.25, 0.3) is 0 Å². The number of sulfonamides is 1. The quantitative estimate of drug-likeness (QED) is 0.579. The number of anilines is 1. The molecule has 1 amide bonds. The number of hydrazone groups is 1. The summed E-state index contributed by atoms with van der Waals surface area (Å²) in [7, 11) is -3.80. The van der Waals surface area contributed by atoms with Crippen LogP contribution in [-0.2, 0) is 14.8 Å². The van der Waals surface area contributed by atoms with Gasteiger partial charge in [0, 0.05) is 5.02 Å². The monoisotopic (exact) mass is 417 g/mol. The highest BCUT2D eigenvalue weighted by Gasteiger charge is 2.23. The summed E-state index contributed by atoms with van der Waals surface area (Å²) in [5.41, 5.74) is 2.85. The van der Waals surface area contributed by atoms with Gasteiger partial charge in [-0.05, 0) is 35.9 Å². The SMILES string of the molecule is CS(=O)(=O)N(CC(=O)N/N=C\c1ccc(F)cc1)c1cc(Cl)ccc1Cl. The second kappa shape index (κ2) is 8.48. The van der Waals surface area contributed by atoms with Gasteiger partial charge in [-0.15, -0.1) is 0 Å². The van der Waals surface area contributed by atoms with Gasteiger partial charge in [0.25, 0.3) is 5.91 Å². The summed E-state index contributed by atoms with van der Waals surface area (Å²) in [5.74, 6) is -1.08. The summed E-state index contributed by atoms with van der Waals surface area (Å²) in [5, 5.41) is 4.11. The molecular formula is C16H14Cl2FN3O3S. The van der Waals surface area contributed by atoms with E-state index in [1.807, 2.05) is 0 Å². The molecular weight excluding hydrogens is 404 g/mol. The van der Waals surface area contributed by atoms with Crippen LogP contribution in [0.1, 0.15) is 5.56 Å². The first kappa shape index (κ1) is 20.2. The fourth-order valence-electron chi connectivity index (χ4n) is 1.95. The van der Waals surface area contributed by atoms with Crippen molar-refractivity contribution in [3.8, 4) is 0 Å². The van der Waals surface area contributed by atoms with Crippen LogP contribution in [0.15, 0.2) is 47.6 Å². The minimum Gasteiger partial charge on any atom is -0.271 e. The fourth-order valence-corrected chi connectivity index (χ4v) is 3.25. The third-order valence-electron chi connectivity index (χ3n) is 3.14. The van der Waals surface area contributed by atoms with Crippen molar-refractivity contribution >= 4 is 51.0 Å². The van der Waals surface area contributed by atoms with Crippen LogP contribution in [0.4, 0.5) is 10.1 Å². The molecule has 0 saturated heterocycles. The number of carbonyl (C=O) groups is 1. The first-order chi connectivity index (χ1) is 12.2. The maximum absolute atomic E-state index is 12.8. The zero-order valence-corrected chi connectivity index (χ0v) is 15.8. The molecule has 0 radical (unpaired) electrons. The summed E-state index contributed by atoms with van der Waals surface area (Å²) >= 11 is 11.9. The Hall–Kier alpha value is -2.16. The Bertz CT molecular complexity index is 934. The predicted octanol–water partition coefficient (Wildman–Crippen LogP) is 3.05. The second-order valence-corrected chi connectivity index (χ2v) is 7.96. The predicted molar refractivity (Wildman–Crippen MR) is 101 cm³/mol. The molecule has 2 rings (SSSR count). The topological polar surface area (TPSA) is 78.8 Å². The summed E-state index contributed by atoms with van der Waals surface area (Å²) in [4.78, 5) is 12.0. The van der Waals surface area contributed by atoms with E-state index in [0.717, 1.165) is 10.6 Å². The Morgan fingerprint density at radius 2 is 1.88 bits per heavy atom. The van der Waals surface area contributed by atoms with Crippen LogP contribution in [0, 0.1) is 5.82 Å². The number of rotatable bonds is 6. The molecule has 138 valence electrons. The van der Waals surface area contributed by atoms with Gasteiger partial charge in [0.15, 0.2) is 0 Å². The number of nitrogens with zero attached hydrogens (tertiary/aromatic N) is 2. The van der Waals surface area contributed by atoms with Gasteiger partial charge in [-0.2, -0.15) is 5.10 Å². The minimum atomic E-state index is -3.80. The third-order valence-corrected chi connectivity index (χ3v) is 4.82. The Balaban J connectivity index is 2.12. The smallest absolute Gasteiger partial charge is 0.260 e. The molecule has 6 nitrogen and oxygen atoms in total. The first-order valence-electron chi connectivity index (χ1n) is 7.17. The largest absolute Gasteiger partial charge is 0.271 e. The second-order valence-electron chi connectivity index (χ2n) is 5.21. The Morgan fingerprint density at radius 1 is 1.23 bits per heavy atom. The molecule has 0 aliphatic heterocycles. The molecule has 0 atom stereocenters. The number of hydrogen-bond donors (Lipinski definition) is 1. The van der Waals surface area contributed by atoms with Crippen LogP contribution >= 0.6 is 23.2 Å². The van der Waals surface area contributed by atoms with Gasteiger partial charge < -0.3 is 0 Å². The molecule has 0 bridgehead atoms. The Labute approximate surface area is 160 Å². The lowest BCUT2D eigenvalue weighted by molar-refractivity contribution is -0.119. The van der Waals surface area contributed by atoms with Crippen LogP contribution in [-0.4, -0.2) is 33.3 Å². The Morgan fingerprint density at radius 3 is 2.50 bits per heavy atom. The van der Waals surface area contributed by atoms with E-state index in [9.17, 15) is 17.6 Å². The maximum Gasteiger partial charge on any atom is 0.260 e. The maximum atomic E-state index is 12.8. The van der Waals surface area contributed by atoms with Crippen LogP contribution in [0.2, 0.25) is 10.0 Å². The highest BCUT2D eigenvalue weighted by molar-refractivity contribution is 7.92. The van der Waals surface area contributed by atoms with Crippen molar-refractivity contribution in [1.82, 2.24) is 5.43 Å². The van der Waals surface area contributed by atoms with Gasteiger partial charge in [0.1, 0.15) is 12.4 Å². The average Bonchev–Trinajstić information content (AvgIpc) is 2.56. The first-order valence-corrected chi connectivity index (χ1v) is 9.77. The van der Waals surface area contributed by atoms with E-state index in [1.54, 1.807) is 0 Å². The van der Waals surface area contributed by atoms with E-state index in [2.05, 4.69) is 10.5 Å². The van der Waals surface area contributed by atoms with Crippen molar-refractivity contribution in [2.45, 2.75) is 0 Å². The number of nitrogens with one attached hydrogen (secondary N) is 1. The molecule has 1 N–H and O–H groups in total. The third kappa shape index (κ3) is 5.69. The van der Waals surface area contributed by atoms with Gasteiger partial charge in [-0.3, -0.25) is 9.10 Å². The highest BCUT2D eigenvalue weighted by Crippen LogP contribution is 2.30. The molecule has 0 fully saturated rings. The summed E-state index contributed by atoms with van der Waals surface area (Å²) in [6.45, 7) is -0.542. The fraction of sp³-hybridized carbons (Fsp3) is 0.125. The van der Waals surface area contributed by atoms with Crippen LogP contribution < -0.4 is 9.73 Å². The number of hydrogen-bond acceptors (Lipinski definition) is 4. The van der Waals surface area contributed by atoms with E-state index in [0.29, 0.717) is 5.56 Å². The van der Waals surface area contributed by atoms with Gasteiger partial charge in [0.2, 0.25) is 10.0 Å². The zero-order valence-electron chi connectivity index (χ0n) is 13.5. The molecule has 10 heteroatoms. The van der Waals surface area contributed by atoms with Crippen LogP contribution in [0.3, 0.4) is 0 Å². The van der Waals surface area contributed by atoms with Gasteiger partial charge in [-0.25, -0.2) is 18.2 Å². The van der Waals surface area contributed by atoms with Crippen molar-refractivity contribution in [2.24, 2.45) is 5.10 Å². The summed E-state index contributed by atoms with van der Waals surface area (Å²) in [6.07, 6.45) is 2.24. The van der Waals surface area contributed by atoms with Crippen molar-refractivity contribution in [3.05, 3.63) is 63.9 Å². The van der Waals surface area contributed by atoms with Gasteiger partial charge >= 0.3 is 0 Å². The molecule has 0 heterocycles. The summed E-state index contributed by atoms with van der Waals surface area (Å²) < 4.78 is 37.7. The number of carbonyl (C=O) groups excluding carboxylic acids is 1. The van der Waals surface area contributed by atoms with Crippen molar-refractivity contribution in [2.75, 3.05) is 17.1 Å². The van der Waals surface area contributed by atoms with E-state index >= 15 is 0 Å². The standard InChI is InChI=1S/C16H14Cl2FN3O3S/c1-26(24,25)22(15-8-12(17)4-7-14(15)18)10-16(23)21-20-9-11-2-5-13(19)6-3-11/h2-9H,10H2,1H3,(H,21,23)/b20-9-. The van der Waals surface area contributed by atoms with Crippen molar-refractivity contribution < 1.29 is 17.6 Å². The molecule has 0 aromatic heterocycles. The summed E-state index contributed by atoms with van der Waals surface area (Å²) in [6, 6.07) is 9.72. The van der Waals surface area contributed by atoms with Gasteiger partial charge in [0.05, 0.1) is 23.2 Å². The van der Waals surface area contributed by atoms with E-state index in [1.165, 1.54) is 48.7 Å². The molecule has 2 aromatic carbocycles. The van der Waals surface area contributed by atoms with Crippen molar-refractivity contribution in [3.63, 3.8) is 0 Å². The molecule has 0 saturated carbocycles. The minimum absolute atomic E-state index is 0.0827. The van der Waals surface area contributed by atoms with Crippen molar-refractivity contribution in [1.29, 1.82) is 0 Å². The Kier molecular flexibility index (Phi) is 6.57. The molecule has 0 aliphatic carbocycles.